The fourth-order valence-corrected chi connectivity index (χ4v) is 5.52. The van der Waals surface area contributed by atoms with Gasteiger partial charge in [0.15, 0.2) is 4.80 Å². The summed E-state index contributed by atoms with van der Waals surface area (Å²) in [6.45, 7) is 3.60. The third kappa shape index (κ3) is 4.82. The second-order valence-electron chi connectivity index (χ2n) is 8.61. The summed E-state index contributed by atoms with van der Waals surface area (Å²) in [4.78, 5) is 43.1. The number of ether oxygens (including phenoxy) is 2. The molecule has 10 heteroatoms. The zero-order valence-corrected chi connectivity index (χ0v) is 22.1. The van der Waals surface area contributed by atoms with Gasteiger partial charge in [-0.15, -0.1) is 0 Å². The summed E-state index contributed by atoms with van der Waals surface area (Å²) in [6, 6.07) is 16.0. The number of carbonyl (C=O) groups excluding carboxylic acids is 2. The Bertz CT molecular complexity index is 1810. The Hall–Kier alpha value is -4.70. The summed E-state index contributed by atoms with van der Waals surface area (Å²) >= 11 is 1.17. The number of hydrogen-bond donors (Lipinski definition) is 0. The largest absolute Gasteiger partial charge is 0.545 e. The molecule has 1 aliphatic heterocycles. The predicted molar refractivity (Wildman–Crippen MR) is 142 cm³/mol. The Morgan fingerprint density at radius 3 is 2.69 bits per heavy atom. The van der Waals surface area contributed by atoms with Gasteiger partial charge in [-0.2, -0.15) is 0 Å². The Morgan fingerprint density at radius 1 is 1.15 bits per heavy atom. The van der Waals surface area contributed by atoms with Crippen molar-refractivity contribution in [1.82, 2.24) is 4.57 Å². The molecule has 0 spiro atoms. The Labute approximate surface area is 226 Å². The standard InChI is InChI=1S/C29H24N2O7S/c1-4-37-28(35)24-16(2)30-29-31(25(24)20-10-5-6-11-22(20)36-3)26(32)23(39-29)15-19-12-13-21(38-19)17-8-7-9-18(14-17)27(33)34/h5-15,25H,4H2,1-3H3,(H,33,34)/p-1/t25-/m1/s1. The number of hydrogen-bond acceptors (Lipinski definition) is 9. The number of aromatic carboxylic acids is 1. The average molecular weight is 544 g/mol. The van der Waals surface area contributed by atoms with E-state index in [2.05, 4.69) is 4.99 Å². The number of carbonyl (C=O) groups is 2. The third-order valence-corrected chi connectivity index (χ3v) is 7.22. The van der Waals surface area contributed by atoms with Gasteiger partial charge in [-0.3, -0.25) is 9.36 Å². The van der Waals surface area contributed by atoms with Crippen LogP contribution in [0, 0.1) is 0 Å². The van der Waals surface area contributed by atoms with Crippen LogP contribution < -0.4 is 24.7 Å². The van der Waals surface area contributed by atoms with Gasteiger partial charge in [0.1, 0.15) is 23.3 Å². The molecular formula is C29H23N2O7S-. The van der Waals surface area contributed by atoms with Gasteiger partial charge in [0.25, 0.3) is 5.56 Å². The van der Waals surface area contributed by atoms with E-state index in [-0.39, 0.29) is 23.3 Å². The number of aromatic nitrogens is 1. The molecule has 0 radical (unpaired) electrons. The number of furan rings is 1. The first-order valence-corrected chi connectivity index (χ1v) is 12.9. The number of rotatable bonds is 7. The summed E-state index contributed by atoms with van der Waals surface area (Å²) in [5.41, 5.74) is 1.56. The highest BCUT2D eigenvalue weighted by atomic mass is 32.1. The predicted octanol–water partition coefficient (Wildman–Crippen LogP) is 2.43. The fraction of sp³-hybridized carbons (Fsp3) is 0.172. The van der Waals surface area contributed by atoms with Gasteiger partial charge in [0.05, 0.1) is 35.5 Å². The molecule has 0 amide bonds. The Balaban J connectivity index is 1.64. The summed E-state index contributed by atoms with van der Waals surface area (Å²) in [5.74, 6) is -0.498. The van der Waals surface area contributed by atoms with Crippen LogP contribution in [0.2, 0.25) is 0 Å². The minimum atomic E-state index is -1.29. The lowest BCUT2D eigenvalue weighted by Crippen LogP contribution is -2.40. The quantitative estimate of drug-likeness (QED) is 0.328. The zero-order chi connectivity index (χ0) is 27.7. The van der Waals surface area contributed by atoms with E-state index >= 15 is 0 Å². The van der Waals surface area contributed by atoms with Gasteiger partial charge >= 0.3 is 5.97 Å². The van der Waals surface area contributed by atoms with E-state index in [0.717, 1.165) is 0 Å². The number of nitrogens with zero attached hydrogens (tertiary/aromatic N) is 2. The van der Waals surface area contributed by atoms with E-state index in [1.165, 1.54) is 35.1 Å². The highest BCUT2D eigenvalue weighted by molar-refractivity contribution is 7.07. The number of esters is 1. The van der Waals surface area contributed by atoms with E-state index in [9.17, 15) is 19.5 Å². The molecule has 0 saturated heterocycles. The fourth-order valence-electron chi connectivity index (χ4n) is 4.49. The molecule has 0 unspecified atom stereocenters. The molecule has 5 rings (SSSR count). The van der Waals surface area contributed by atoms with Crippen molar-refractivity contribution < 1.29 is 28.6 Å². The van der Waals surface area contributed by atoms with Crippen LogP contribution in [-0.4, -0.2) is 30.2 Å². The van der Waals surface area contributed by atoms with Crippen molar-refractivity contribution in [2.24, 2.45) is 4.99 Å². The van der Waals surface area contributed by atoms with Crippen LogP contribution in [0.1, 0.15) is 41.6 Å². The van der Waals surface area contributed by atoms with Gasteiger partial charge in [-0.25, -0.2) is 9.79 Å². The van der Waals surface area contributed by atoms with Crippen molar-refractivity contribution >= 4 is 29.4 Å². The molecular weight excluding hydrogens is 520 g/mol. The molecule has 3 heterocycles. The summed E-state index contributed by atoms with van der Waals surface area (Å²) in [7, 11) is 1.53. The second kappa shape index (κ2) is 10.6. The zero-order valence-electron chi connectivity index (χ0n) is 21.3. The molecule has 0 aliphatic carbocycles. The molecule has 0 fully saturated rings. The molecule has 1 atom stereocenters. The third-order valence-electron chi connectivity index (χ3n) is 6.23. The van der Waals surface area contributed by atoms with E-state index in [1.54, 1.807) is 56.3 Å². The van der Waals surface area contributed by atoms with Crippen LogP contribution in [0.4, 0.5) is 0 Å². The molecule has 1 aliphatic rings. The first-order valence-electron chi connectivity index (χ1n) is 12.1. The van der Waals surface area contributed by atoms with E-state index in [1.807, 2.05) is 12.1 Å². The maximum atomic E-state index is 13.8. The van der Waals surface area contributed by atoms with E-state index in [4.69, 9.17) is 13.9 Å². The van der Waals surface area contributed by atoms with Crippen LogP contribution >= 0.6 is 11.3 Å². The van der Waals surface area contributed by atoms with Crippen molar-refractivity contribution in [2.45, 2.75) is 19.9 Å². The Kier molecular flexibility index (Phi) is 7.03. The van der Waals surface area contributed by atoms with Crippen molar-refractivity contribution in [3.8, 4) is 17.1 Å². The maximum Gasteiger partial charge on any atom is 0.338 e. The molecule has 2 aromatic carbocycles. The number of carboxylic acids is 1. The highest BCUT2D eigenvalue weighted by Gasteiger charge is 2.35. The number of allylic oxidation sites excluding steroid dienone is 1. The molecule has 4 aromatic rings. The molecule has 39 heavy (non-hydrogen) atoms. The number of fused-ring (bicyclic) bond motifs is 1. The minimum Gasteiger partial charge on any atom is -0.545 e. The van der Waals surface area contributed by atoms with E-state index in [0.29, 0.717) is 43.4 Å². The van der Waals surface area contributed by atoms with Crippen LogP contribution in [0.15, 0.2) is 86.1 Å². The van der Waals surface area contributed by atoms with Crippen LogP contribution in [0.25, 0.3) is 17.4 Å². The molecule has 0 N–H and O–H groups in total. The average Bonchev–Trinajstić information content (AvgIpc) is 3.52. The lowest BCUT2D eigenvalue weighted by molar-refractivity contribution is -0.255. The topological polar surface area (TPSA) is 123 Å². The molecule has 2 aromatic heterocycles. The Morgan fingerprint density at radius 2 is 1.95 bits per heavy atom. The highest BCUT2D eigenvalue weighted by Crippen LogP contribution is 2.35. The number of para-hydroxylation sites is 1. The minimum absolute atomic E-state index is 0.0304. The SMILES string of the molecule is CCOC(=O)C1=C(C)N=c2sc(=Cc3ccc(-c4cccc(C(=O)[O-])c4)o3)c(=O)n2[C@@H]1c1ccccc1OC. The summed E-state index contributed by atoms with van der Waals surface area (Å²) in [6.07, 6.45) is 1.60. The van der Waals surface area contributed by atoms with Crippen LogP contribution in [0.3, 0.4) is 0 Å². The summed E-state index contributed by atoms with van der Waals surface area (Å²) in [5, 5.41) is 11.2. The molecule has 0 saturated carbocycles. The second-order valence-corrected chi connectivity index (χ2v) is 9.62. The van der Waals surface area contributed by atoms with Gasteiger partial charge < -0.3 is 23.8 Å². The van der Waals surface area contributed by atoms with Gasteiger partial charge in [-0.1, -0.05) is 47.7 Å². The maximum absolute atomic E-state index is 13.8. The van der Waals surface area contributed by atoms with Crippen molar-refractivity contribution in [3.05, 3.63) is 109 Å². The van der Waals surface area contributed by atoms with E-state index < -0.39 is 18.0 Å². The lowest BCUT2D eigenvalue weighted by Gasteiger charge is -2.25. The number of carboxylic acid groups (broad SMARTS) is 1. The number of methoxy groups -OCH3 is 1. The van der Waals surface area contributed by atoms with Gasteiger partial charge in [0.2, 0.25) is 0 Å². The first kappa shape index (κ1) is 25.9. The van der Waals surface area contributed by atoms with Crippen molar-refractivity contribution in [1.29, 1.82) is 0 Å². The number of benzene rings is 2. The van der Waals surface area contributed by atoms with Crippen LogP contribution in [0.5, 0.6) is 5.75 Å². The van der Waals surface area contributed by atoms with Crippen LogP contribution in [-0.2, 0) is 9.53 Å². The van der Waals surface area contributed by atoms with Crippen molar-refractivity contribution in [2.75, 3.05) is 13.7 Å². The van der Waals surface area contributed by atoms with Gasteiger partial charge in [-0.05, 0) is 43.7 Å². The normalized spacial score (nSPS) is 15.1. The van der Waals surface area contributed by atoms with Crippen molar-refractivity contribution in [3.63, 3.8) is 0 Å². The molecule has 198 valence electrons. The molecule has 9 nitrogen and oxygen atoms in total. The lowest BCUT2D eigenvalue weighted by atomic mass is 9.95. The summed E-state index contributed by atoms with van der Waals surface area (Å²) < 4.78 is 18.6. The monoisotopic (exact) mass is 543 g/mol. The van der Waals surface area contributed by atoms with Gasteiger partial charge in [0, 0.05) is 17.2 Å². The molecule has 0 bridgehead atoms. The first-order chi connectivity index (χ1) is 18.8. The smallest absolute Gasteiger partial charge is 0.338 e. The number of thiazole rings is 1.